The number of hydrogen-bond donors (Lipinski definition) is 1. The Bertz CT molecular complexity index is 456. The van der Waals surface area contributed by atoms with Gasteiger partial charge in [0.1, 0.15) is 11.6 Å². The van der Waals surface area contributed by atoms with E-state index in [0.717, 1.165) is 26.1 Å². The molecule has 1 saturated heterocycles. The van der Waals surface area contributed by atoms with Gasteiger partial charge < -0.3 is 14.7 Å². The topological polar surface area (TPSA) is 51.1 Å². The van der Waals surface area contributed by atoms with Crippen molar-refractivity contribution in [2.75, 3.05) is 19.8 Å². The van der Waals surface area contributed by atoms with E-state index in [1.807, 2.05) is 0 Å². The van der Waals surface area contributed by atoms with Crippen LogP contribution >= 0.6 is 0 Å². The van der Waals surface area contributed by atoms with Crippen LogP contribution in [0.5, 0.6) is 5.75 Å². The summed E-state index contributed by atoms with van der Waals surface area (Å²) in [6, 6.07) is 4.22. The van der Waals surface area contributed by atoms with Crippen molar-refractivity contribution in [1.29, 1.82) is 0 Å². The molecule has 1 aromatic rings. The first-order valence-corrected chi connectivity index (χ1v) is 6.40. The van der Waals surface area contributed by atoms with Crippen LogP contribution in [0, 0.1) is 11.7 Å². The van der Waals surface area contributed by atoms with Gasteiger partial charge in [-0.05, 0) is 43.9 Å². The Morgan fingerprint density at radius 2 is 2.21 bits per heavy atom. The maximum absolute atomic E-state index is 13.2. The lowest BCUT2D eigenvalue weighted by Gasteiger charge is -2.22. The molecule has 0 unspecified atom stereocenters. The molecule has 1 N–H and O–H groups in total. The maximum Gasteiger partial charge on any atom is 0.128 e. The smallest absolute Gasteiger partial charge is 0.128 e. The molecule has 0 aliphatic carbocycles. The Hall–Kier alpha value is -1.62. The third-order valence-electron chi connectivity index (χ3n) is 3.30. The lowest BCUT2D eigenvalue weighted by Crippen LogP contribution is -2.21. The van der Waals surface area contributed by atoms with Gasteiger partial charge in [0.05, 0.1) is 12.3 Å². The first-order valence-electron chi connectivity index (χ1n) is 6.40. The first-order chi connectivity index (χ1) is 9.20. The summed E-state index contributed by atoms with van der Waals surface area (Å²) in [7, 11) is 0. The largest absolute Gasteiger partial charge is 0.493 e. The van der Waals surface area contributed by atoms with Gasteiger partial charge in [-0.15, -0.1) is 0 Å². The van der Waals surface area contributed by atoms with Gasteiger partial charge in [0.15, 0.2) is 0 Å². The van der Waals surface area contributed by atoms with E-state index in [0.29, 0.717) is 29.5 Å². The van der Waals surface area contributed by atoms with Crippen molar-refractivity contribution in [1.82, 2.24) is 0 Å². The van der Waals surface area contributed by atoms with E-state index >= 15 is 0 Å². The molecule has 0 saturated carbocycles. The van der Waals surface area contributed by atoms with E-state index in [4.69, 9.17) is 14.7 Å². The third-order valence-corrected chi connectivity index (χ3v) is 3.30. The molecule has 0 bridgehead atoms. The van der Waals surface area contributed by atoms with Crippen LogP contribution in [0.1, 0.15) is 25.3 Å². The molecule has 0 aromatic heterocycles. The zero-order valence-electron chi connectivity index (χ0n) is 10.9. The number of oxime groups is 1. The minimum atomic E-state index is -0.378. The van der Waals surface area contributed by atoms with E-state index in [-0.39, 0.29) is 5.82 Å². The van der Waals surface area contributed by atoms with Crippen LogP contribution in [0.4, 0.5) is 4.39 Å². The standard InChI is InChI=1S/C14H18FNO3/c1-10(16-17)13-8-12(15)2-3-14(13)19-9-11-4-6-18-7-5-11/h2-3,8,11,17H,4-7,9H2,1H3. The minimum Gasteiger partial charge on any atom is -0.493 e. The van der Waals surface area contributed by atoms with Crippen LogP contribution in [0.25, 0.3) is 0 Å². The van der Waals surface area contributed by atoms with Crippen molar-refractivity contribution in [3.05, 3.63) is 29.6 Å². The van der Waals surface area contributed by atoms with Crippen molar-refractivity contribution in [3.63, 3.8) is 0 Å². The van der Waals surface area contributed by atoms with E-state index in [1.165, 1.54) is 12.1 Å². The lowest BCUT2D eigenvalue weighted by molar-refractivity contribution is 0.0497. The molecule has 1 heterocycles. The molecule has 0 spiro atoms. The molecule has 1 fully saturated rings. The molecular formula is C14H18FNO3. The summed E-state index contributed by atoms with van der Waals surface area (Å²) in [6.07, 6.45) is 1.95. The van der Waals surface area contributed by atoms with Crippen molar-refractivity contribution in [3.8, 4) is 5.75 Å². The number of nitrogens with zero attached hydrogens (tertiary/aromatic N) is 1. The van der Waals surface area contributed by atoms with Gasteiger partial charge in [-0.1, -0.05) is 5.16 Å². The number of hydrogen-bond acceptors (Lipinski definition) is 4. The number of halogens is 1. The van der Waals surface area contributed by atoms with Gasteiger partial charge in [-0.3, -0.25) is 0 Å². The van der Waals surface area contributed by atoms with Crippen LogP contribution in [0.3, 0.4) is 0 Å². The molecule has 1 aliphatic rings. The second kappa shape index (κ2) is 6.52. The number of benzene rings is 1. The highest BCUT2D eigenvalue weighted by atomic mass is 19.1. The normalized spacial score (nSPS) is 17.5. The van der Waals surface area contributed by atoms with E-state index < -0.39 is 0 Å². The van der Waals surface area contributed by atoms with Crippen molar-refractivity contribution < 1.29 is 19.1 Å². The average molecular weight is 267 g/mol. The number of ether oxygens (including phenoxy) is 2. The van der Waals surface area contributed by atoms with E-state index in [2.05, 4.69) is 5.16 Å². The van der Waals surface area contributed by atoms with E-state index in [1.54, 1.807) is 13.0 Å². The highest BCUT2D eigenvalue weighted by molar-refractivity contribution is 6.00. The second-order valence-electron chi connectivity index (χ2n) is 4.69. The van der Waals surface area contributed by atoms with Gasteiger partial charge in [-0.25, -0.2) is 4.39 Å². The Morgan fingerprint density at radius 3 is 2.89 bits per heavy atom. The second-order valence-corrected chi connectivity index (χ2v) is 4.69. The molecule has 19 heavy (non-hydrogen) atoms. The summed E-state index contributed by atoms with van der Waals surface area (Å²) in [5, 5.41) is 11.9. The van der Waals surface area contributed by atoms with Gasteiger partial charge in [0.25, 0.3) is 0 Å². The Kier molecular flexibility index (Phi) is 4.74. The maximum atomic E-state index is 13.2. The molecule has 1 aliphatic heterocycles. The zero-order chi connectivity index (χ0) is 13.7. The fourth-order valence-electron chi connectivity index (χ4n) is 2.09. The van der Waals surface area contributed by atoms with Crippen LogP contribution in [-0.2, 0) is 4.74 Å². The fourth-order valence-corrected chi connectivity index (χ4v) is 2.09. The molecule has 4 nitrogen and oxygen atoms in total. The predicted molar refractivity (Wildman–Crippen MR) is 69.4 cm³/mol. The van der Waals surface area contributed by atoms with Crippen LogP contribution < -0.4 is 4.74 Å². The molecule has 1 aromatic carbocycles. The van der Waals surface area contributed by atoms with Gasteiger partial charge in [0, 0.05) is 18.8 Å². The minimum absolute atomic E-state index is 0.335. The lowest BCUT2D eigenvalue weighted by atomic mass is 10.0. The SMILES string of the molecule is CC(=NO)c1cc(F)ccc1OCC1CCOCC1. The number of rotatable bonds is 4. The van der Waals surface area contributed by atoms with Crippen LogP contribution in [0.2, 0.25) is 0 Å². The van der Waals surface area contributed by atoms with Crippen molar-refractivity contribution in [2.24, 2.45) is 11.1 Å². The van der Waals surface area contributed by atoms with Crippen molar-refractivity contribution >= 4 is 5.71 Å². The summed E-state index contributed by atoms with van der Waals surface area (Å²) in [5.74, 6) is 0.623. The Balaban J connectivity index is 2.06. The molecule has 5 heteroatoms. The molecular weight excluding hydrogens is 249 g/mol. The summed E-state index contributed by atoms with van der Waals surface area (Å²) in [5.41, 5.74) is 0.816. The first kappa shape index (κ1) is 13.8. The van der Waals surface area contributed by atoms with Crippen molar-refractivity contribution in [2.45, 2.75) is 19.8 Å². The Morgan fingerprint density at radius 1 is 1.47 bits per heavy atom. The highest BCUT2D eigenvalue weighted by Crippen LogP contribution is 2.23. The summed E-state index contributed by atoms with van der Waals surface area (Å²) in [4.78, 5) is 0. The average Bonchev–Trinajstić information content (AvgIpc) is 2.46. The fraction of sp³-hybridized carbons (Fsp3) is 0.500. The molecule has 0 amide bonds. The monoisotopic (exact) mass is 267 g/mol. The highest BCUT2D eigenvalue weighted by Gasteiger charge is 2.16. The van der Waals surface area contributed by atoms with Gasteiger partial charge in [0.2, 0.25) is 0 Å². The van der Waals surface area contributed by atoms with Gasteiger partial charge >= 0.3 is 0 Å². The molecule has 2 rings (SSSR count). The van der Waals surface area contributed by atoms with Crippen LogP contribution in [0.15, 0.2) is 23.4 Å². The quantitative estimate of drug-likeness (QED) is 0.518. The zero-order valence-corrected chi connectivity index (χ0v) is 10.9. The van der Waals surface area contributed by atoms with E-state index in [9.17, 15) is 4.39 Å². The summed E-state index contributed by atoms with van der Waals surface area (Å²) < 4.78 is 24.3. The summed E-state index contributed by atoms with van der Waals surface area (Å²) >= 11 is 0. The molecule has 0 atom stereocenters. The van der Waals surface area contributed by atoms with Gasteiger partial charge in [-0.2, -0.15) is 0 Å². The third kappa shape index (κ3) is 3.67. The summed E-state index contributed by atoms with van der Waals surface area (Å²) in [6.45, 7) is 3.71. The predicted octanol–water partition coefficient (Wildman–Crippen LogP) is 2.83. The van der Waals surface area contributed by atoms with Crippen LogP contribution in [-0.4, -0.2) is 30.7 Å². The Labute approximate surface area is 111 Å². The molecule has 104 valence electrons. The molecule has 0 radical (unpaired) electrons.